The fourth-order valence-electron chi connectivity index (χ4n) is 2.49. The first-order valence-electron chi connectivity index (χ1n) is 8.01. The van der Waals surface area contributed by atoms with Gasteiger partial charge in [0.15, 0.2) is 6.61 Å². The van der Waals surface area contributed by atoms with Crippen LogP contribution in [-0.2, 0) is 9.59 Å². The van der Waals surface area contributed by atoms with Gasteiger partial charge in [-0.05, 0) is 25.0 Å². The lowest BCUT2D eigenvalue weighted by molar-refractivity contribution is -0.122. The van der Waals surface area contributed by atoms with Crippen LogP contribution in [0.4, 0.5) is 5.69 Å². The smallest absolute Gasteiger partial charge is 0.265 e. The van der Waals surface area contributed by atoms with Crippen LogP contribution in [0.1, 0.15) is 39.0 Å². The zero-order valence-electron chi connectivity index (χ0n) is 13.1. The average Bonchev–Trinajstić information content (AvgIpc) is 2.54. The second-order valence-electron chi connectivity index (χ2n) is 5.46. The van der Waals surface area contributed by atoms with Crippen molar-refractivity contribution in [2.45, 2.75) is 39.0 Å². The Hall–Kier alpha value is -2.04. The van der Waals surface area contributed by atoms with E-state index in [1.54, 1.807) is 4.90 Å². The van der Waals surface area contributed by atoms with Crippen LogP contribution in [0.15, 0.2) is 24.3 Å². The van der Waals surface area contributed by atoms with Gasteiger partial charge in [-0.25, -0.2) is 0 Å². The van der Waals surface area contributed by atoms with E-state index in [-0.39, 0.29) is 18.4 Å². The first-order chi connectivity index (χ1) is 10.7. The van der Waals surface area contributed by atoms with E-state index < -0.39 is 0 Å². The van der Waals surface area contributed by atoms with Crippen LogP contribution in [0.2, 0.25) is 0 Å². The van der Waals surface area contributed by atoms with Gasteiger partial charge in [0.25, 0.3) is 5.91 Å². The Morgan fingerprint density at radius 3 is 2.91 bits per heavy atom. The van der Waals surface area contributed by atoms with Crippen LogP contribution in [0, 0.1) is 0 Å². The molecule has 22 heavy (non-hydrogen) atoms. The summed E-state index contributed by atoms with van der Waals surface area (Å²) in [6.45, 7) is 3.49. The Kier molecular flexibility index (Phi) is 6.25. The van der Waals surface area contributed by atoms with E-state index in [9.17, 15) is 9.59 Å². The van der Waals surface area contributed by atoms with Crippen molar-refractivity contribution >= 4 is 17.5 Å². The number of fused-ring (bicyclic) bond motifs is 1. The van der Waals surface area contributed by atoms with Crippen molar-refractivity contribution in [3.8, 4) is 5.75 Å². The number of unbranched alkanes of at least 4 members (excludes halogenated alkanes) is 2. The van der Waals surface area contributed by atoms with Crippen molar-refractivity contribution < 1.29 is 14.3 Å². The predicted molar refractivity (Wildman–Crippen MR) is 86.1 cm³/mol. The number of amides is 2. The molecule has 1 heterocycles. The summed E-state index contributed by atoms with van der Waals surface area (Å²) in [5.74, 6) is 0.735. The quantitative estimate of drug-likeness (QED) is 0.751. The highest BCUT2D eigenvalue weighted by atomic mass is 16.5. The molecule has 1 aromatic rings. The van der Waals surface area contributed by atoms with Crippen molar-refractivity contribution in [3.05, 3.63) is 24.3 Å². The molecule has 0 spiro atoms. The van der Waals surface area contributed by atoms with Gasteiger partial charge in [-0.15, -0.1) is 0 Å². The van der Waals surface area contributed by atoms with Gasteiger partial charge in [-0.3, -0.25) is 9.59 Å². The lowest BCUT2D eigenvalue weighted by Crippen LogP contribution is -2.39. The Morgan fingerprint density at radius 2 is 2.09 bits per heavy atom. The molecule has 5 heteroatoms. The molecule has 0 saturated heterocycles. The van der Waals surface area contributed by atoms with Crippen molar-refractivity contribution in [2.75, 3.05) is 24.6 Å². The molecule has 0 aromatic heterocycles. The predicted octanol–water partition coefficient (Wildman–Crippen LogP) is 2.50. The second kappa shape index (κ2) is 8.41. The van der Waals surface area contributed by atoms with E-state index in [1.165, 1.54) is 0 Å². The molecule has 0 fully saturated rings. The zero-order valence-corrected chi connectivity index (χ0v) is 13.1. The number of ether oxygens (including phenoxy) is 1. The number of rotatable bonds is 8. The molecule has 2 amide bonds. The molecule has 0 saturated carbocycles. The summed E-state index contributed by atoms with van der Waals surface area (Å²) >= 11 is 0. The van der Waals surface area contributed by atoms with Gasteiger partial charge >= 0.3 is 0 Å². The van der Waals surface area contributed by atoms with Crippen molar-refractivity contribution in [2.24, 2.45) is 0 Å². The Balaban J connectivity index is 1.77. The van der Waals surface area contributed by atoms with Gasteiger partial charge in [0.2, 0.25) is 5.91 Å². The summed E-state index contributed by atoms with van der Waals surface area (Å²) in [4.78, 5) is 25.4. The summed E-state index contributed by atoms with van der Waals surface area (Å²) in [5, 5.41) is 2.92. The SMILES string of the molecule is CCCCCNC(=O)CCCN1C(=O)COc2ccccc21. The molecule has 1 aromatic carbocycles. The molecule has 1 N–H and O–H groups in total. The molecule has 5 nitrogen and oxygen atoms in total. The molecule has 0 aliphatic carbocycles. The number of benzene rings is 1. The maximum absolute atomic E-state index is 12.0. The van der Waals surface area contributed by atoms with Gasteiger partial charge in [0.05, 0.1) is 5.69 Å². The largest absolute Gasteiger partial charge is 0.482 e. The van der Waals surface area contributed by atoms with E-state index in [0.717, 1.165) is 37.2 Å². The summed E-state index contributed by atoms with van der Waals surface area (Å²) < 4.78 is 5.40. The second-order valence-corrected chi connectivity index (χ2v) is 5.46. The van der Waals surface area contributed by atoms with Crippen LogP contribution in [0.25, 0.3) is 0 Å². The first kappa shape index (κ1) is 16.3. The molecular formula is C17H24N2O3. The van der Waals surface area contributed by atoms with E-state index in [4.69, 9.17) is 4.74 Å². The number of carbonyl (C=O) groups excluding carboxylic acids is 2. The normalized spacial score (nSPS) is 13.5. The molecule has 0 atom stereocenters. The highest BCUT2D eigenvalue weighted by Gasteiger charge is 2.24. The molecule has 1 aliphatic heterocycles. The minimum Gasteiger partial charge on any atom is -0.482 e. The molecule has 120 valence electrons. The highest BCUT2D eigenvalue weighted by molar-refractivity contribution is 5.97. The third-order valence-corrected chi connectivity index (χ3v) is 3.70. The van der Waals surface area contributed by atoms with Crippen LogP contribution in [-0.4, -0.2) is 31.5 Å². The lowest BCUT2D eigenvalue weighted by Gasteiger charge is -2.29. The van der Waals surface area contributed by atoms with Crippen molar-refractivity contribution in [1.82, 2.24) is 5.32 Å². The van der Waals surface area contributed by atoms with Crippen LogP contribution < -0.4 is 15.0 Å². The highest BCUT2D eigenvalue weighted by Crippen LogP contribution is 2.31. The van der Waals surface area contributed by atoms with Crippen molar-refractivity contribution in [3.63, 3.8) is 0 Å². The maximum atomic E-state index is 12.0. The molecule has 0 radical (unpaired) electrons. The summed E-state index contributed by atoms with van der Waals surface area (Å²) in [5.41, 5.74) is 0.794. The number of para-hydroxylation sites is 2. The van der Waals surface area contributed by atoms with Crippen LogP contribution in [0.5, 0.6) is 5.75 Å². The monoisotopic (exact) mass is 304 g/mol. The summed E-state index contributed by atoms with van der Waals surface area (Å²) in [6, 6.07) is 7.50. The van der Waals surface area contributed by atoms with E-state index >= 15 is 0 Å². The lowest BCUT2D eigenvalue weighted by atomic mass is 10.2. The Bertz CT molecular complexity index is 516. The molecule has 0 unspecified atom stereocenters. The number of nitrogens with one attached hydrogen (secondary N) is 1. The Morgan fingerprint density at radius 1 is 1.27 bits per heavy atom. The van der Waals surface area contributed by atoms with Crippen molar-refractivity contribution in [1.29, 1.82) is 0 Å². The topological polar surface area (TPSA) is 58.6 Å². The number of carbonyl (C=O) groups is 2. The summed E-state index contributed by atoms with van der Waals surface area (Å²) in [7, 11) is 0. The van der Waals surface area contributed by atoms with E-state index in [2.05, 4.69) is 12.2 Å². The van der Waals surface area contributed by atoms with E-state index in [1.807, 2.05) is 24.3 Å². The number of hydrogen-bond acceptors (Lipinski definition) is 3. The van der Waals surface area contributed by atoms with Gasteiger partial charge in [0, 0.05) is 19.5 Å². The number of anilines is 1. The zero-order chi connectivity index (χ0) is 15.8. The van der Waals surface area contributed by atoms with E-state index in [0.29, 0.717) is 19.4 Å². The first-order valence-corrected chi connectivity index (χ1v) is 8.01. The standard InChI is InChI=1S/C17H24N2O3/c1-2-3-6-11-18-16(20)10-7-12-19-14-8-4-5-9-15(14)22-13-17(19)21/h4-5,8-9H,2-3,6-7,10-13H2,1H3,(H,18,20). The fourth-order valence-corrected chi connectivity index (χ4v) is 2.49. The molecule has 2 rings (SSSR count). The average molecular weight is 304 g/mol. The third-order valence-electron chi connectivity index (χ3n) is 3.70. The minimum absolute atomic E-state index is 0.0537. The molecule has 0 bridgehead atoms. The van der Waals surface area contributed by atoms with Crippen LogP contribution >= 0.6 is 0 Å². The Labute approximate surface area is 131 Å². The number of nitrogens with zero attached hydrogens (tertiary/aromatic N) is 1. The third kappa shape index (κ3) is 4.48. The van der Waals surface area contributed by atoms with Gasteiger partial charge in [-0.1, -0.05) is 31.9 Å². The van der Waals surface area contributed by atoms with Gasteiger partial charge in [0.1, 0.15) is 5.75 Å². The maximum Gasteiger partial charge on any atom is 0.265 e. The van der Waals surface area contributed by atoms with Gasteiger partial charge < -0.3 is 15.0 Å². The summed E-state index contributed by atoms with van der Waals surface area (Å²) in [6.07, 6.45) is 4.41. The molecule has 1 aliphatic rings. The van der Waals surface area contributed by atoms with Crippen LogP contribution in [0.3, 0.4) is 0 Å². The molecular weight excluding hydrogens is 280 g/mol. The number of hydrogen-bond donors (Lipinski definition) is 1. The fraction of sp³-hybridized carbons (Fsp3) is 0.529. The minimum atomic E-state index is -0.0537. The van der Waals surface area contributed by atoms with Gasteiger partial charge in [-0.2, -0.15) is 0 Å².